The van der Waals surface area contributed by atoms with Gasteiger partial charge >= 0.3 is 0 Å². The average molecular weight is 495 g/mol. The summed E-state index contributed by atoms with van der Waals surface area (Å²) in [5.41, 5.74) is 0.798. The molecule has 3 rings (SSSR count). The molecule has 0 bridgehead atoms. The van der Waals surface area contributed by atoms with Crippen LogP contribution in [0.5, 0.6) is 0 Å². The molecule has 0 aromatic heterocycles. The first-order valence-electron chi connectivity index (χ1n) is 11.5. The predicted octanol–water partition coefficient (Wildman–Crippen LogP) is 3.06. The second kappa shape index (κ2) is 12.4. The Hall–Kier alpha value is -2.09. The van der Waals surface area contributed by atoms with Crippen molar-refractivity contribution in [2.45, 2.75) is 38.6 Å². The van der Waals surface area contributed by atoms with Gasteiger partial charge in [0.15, 0.2) is 0 Å². The van der Waals surface area contributed by atoms with Crippen LogP contribution in [-0.4, -0.2) is 84.3 Å². The molecular formula is C24H32Cl2N4O3. The van der Waals surface area contributed by atoms with Crippen LogP contribution in [0.25, 0.3) is 6.08 Å². The van der Waals surface area contributed by atoms with Gasteiger partial charge in [-0.2, -0.15) is 0 Å². The molecule has 9 heteroatoms. The van der Waals surface area contributed by atoms with Crippen LogP contribution in [0, 0.1) is 0 Å². The van der Waals surface area contributed by atoms with Crippen molar-refractivity contribution >= 4 is 47.0 Å². The fourth-order valence-electron chi connectivity index (χ4n) is 4.29. The summed E-state index contributed by atoms with van der Waals surface area (Å²) in [4.78, 5) is 42.3. The van der Waals surface area contributed by atoms with Gasteiger partial charge in [-0.05, 0) is 49.6 Å². The molecule has 3 amide bonds. The van der Waals surface area contributed by atoms with Crippen LogP contribution in [0.1, 0.15) is 38.2 Å². The number of carbonyl (C=O) groups is 3. The van der Waals surface area contributed by atoms with Gasteiger partial charge in [-0.3, -0.25) is 14.4 Å². The molecule has 2 heterocycles. The number of piperidine rings is 1. The zero-order chi connectivity index (χ0) is 23.8. The second-order valence-corrected chi connectivity index (χ2v) is 9.45. The molecule has 2 aliphatic rings. The van der Waals surface area contributed by atoms with Crippen molar-refractivity contribution < 1.29 is 14.4 Å². The topological polar surface area (TPSA) is 73.0 Å². The summed E-state index contributed by atoms with van der Waals surface area (Å²) in [7, 11) is 0. The van der Waals surface area contributed by atoms with Crippen molar-refractivity contribution in [3.8, 4) is 0 Å². The number of hydrogen-bond acceptors (Lipinski definition) is 4. The van der Waals surface area contributed by atoms with E-state index in [1.165, 1.54) is 6.08 Å². The van der Waals surface area contributed by atoms with E-state index >= 15 is 0 Å². The standard InChI is InChI=1S/C24H32Cl2N4O3/c1-18(31)27-20-7-12-28(13-8-20)10-2-11-29-15-16-30(14-9-24(29)33)23(32)6-4-19-3-5-21(25)22(26)17-19/h3-6,17,20H,2,7-16H2,1H3,(H,27,31). The van der Waals surface area contributed by atoms with Gasteiger partial charge < -0.3 is 20.0 Å². The molecule has 2 saturated heterocycles. The summed E-state index contributed by atoms with van der Waals surface area (Å²) in [5, 5.41) is 3.91. The maximum atomic E-state index is 12.6. The van der Waals surface area contributed by atoms with E-state index in [-0.39, 0.29) is 23.8 Å². The third-order valence-electron chi connectivity index (χ3n) is 6.16. The van der Waals surface area contributed by atoms with Gasteiger partial charge in [0.25, 0.3) is 0 Å². The summed E-state index contributed by atoms with van der Waals surface area (Å²) >= 11 is 12.0. The van der Waals surface area contributed by atoms with Crippen LogP contribution in [0.15, 0.2) is 24.3 Å². The van der Waals surface area contributed by atoms with E-state index in [1.807, 2.05) is 4.90 Å². The van der Waals surface area contributed by atoms with E-state index in [4.69, 9.17) is 23.2 Å². The van der Waals surface area contributed by atoms with E-state index in [9.17, 15) is 14.4 Å². The highest BCUT2D eigenvalue weighted by Crippen LogP contribution is 2.23. The molecule has 180 valence electrons. The number of amides is 3. The lowest BCUT2D eigenvalue weighted by Crippen LogP contribution is -2.44. The van der Waals surface area contributed by atoms with Crippen LogP contribution in [-0.2, 0) is 14.4 Å². The van der Waals surface area contributed by atoms with Crippen molar-refractivity contribution in [2.24, 2.45) is 0 Å². The molecule has 2 aliphatic heterocycles. The summed E-state index contributed by atoms with van der Waals surface area (Å²) in [5.74, 6) is 0.0198. The Morgan fingerprint density at radius 2 is 1.82 bits per heavy atom. The highest BCUT2D eigenvalue weighted by Gasteiger charge is 2.23. The van der Waals surface area contributed by atoms with Crippen molar-refractivity contribution in [1.82, 2.24) is 20.0 Å². The van der Waals surface area contributed by atoms with Crippen LogP contribution in [0.2, 0.25) is 10.0 Å². The third-order valence-corrected chi connectivity index (χ3v) is 6.90. The molecule has 1 aromatic rings. The fraction of sp³-hybridized carbons (Fsp3) is 0.542. The third kappa shape index (κ3) is 8.02. The van der Waals surface area contributed by atoms with Crippen molar-refractivity contribution in [1.29, 1.82) is 0 Å². The van der Waals surface area contributed by atoms with Gasteiger partial charge in [0, 0.05) is 64.7 Å². The lowest BCUT2D eigenvalue weighted by molar-refractivity contribution is -0.130. The average Bonchev–Trinajstić information content (AvgIpc) is 2.97. The van der Waals surface area contributed by atoms with Gasteiger partial charge in [0.2, 0.25) is 17.7 Å². The monoisotopic (exact) mass is 494 g/mol. The molecule has 0 radical (unpaired) electrons. The van der Waals surface area contributed by atoms with Crippen LogP contribution in [0.4, 0.5) is 0 Å². The zero-order valence-corrected chi connectivity index (χ0v) is 20.6. The van der Waals surface area contributed by atoms with Crippen LogP contribution in [0.3, 0.4) is 0 Å². The van der Waals surface area contributed by atoms with E-state index in [1.54, 1.807) is 36.1 Å². The number of carbonyl (C=O) groups excluding carboxylic acids is 3. The highest BCUT2D eigenvalue weighted by atomic mass is 35.5. The zero-order valence-electron chi connectivity index (χ0n) is 19.1. The first-order chi connectivity index (χ1) is 15.8. The summed E-state index contributed by atoms with van der Waals surface area (Å²) in [6.45, 7) is 6.63. The summed E-state index contributed by atoms with van der Waals surface area (Å²) in [6.07, 6.45) is 6.41. The van der Waals surface area contributed by atoms with E-state index in [0.29, 0.717) is 42.6 Å². The van der Waals surface area contributed by atoms with E-state index in [0.717, 1.165) is 44.5 Å². The minimum Gasteiger partial charge on any atom is -0.354 e. The van der Waals surface area contributed by atoms with Crippen LogP contribution < -0.4 is 5.32 Å². The first kappa shape index (κ1) is 25.5. The molecule has 0 spiro atoms. The Morgan fingerprint density at radius 1 is 1.06 bits per heavy atom. The number of nitrogens with one attached hydrogen (secondary N) is 1. The summed E-state index contributed by atoms with van der Waals surface area (Å²) < 4.78 is 0. The summed E-state index contributed by atoms with van der Waals surface area (Å²) in [6, 6.07) is 5.49. The Labute approximate surface area is 205 Å². The lowest BCUT2D eigenvalue weighted by Gasteiger charge is -2.32. The first-order valence-corrected chi connectivity index (χ1v) is 12.3. The fourth-order valence-corrected chi connectivity index (χ4v) is 4.59. The Kier molecular flexibility index (Phi) is 9.59. The smallest absolute Gasteiger partial charge is 0.246 e. The Balaban J connectivity index is 1.41. The molecule has 2 fully saturated rings. The number of likely N-dealkylation sites (tertiary alicyclic amines) is 1. The maximum absolute atomic E-state index is 12.6. The number of rotatable bonds is 7. The number of halogens is 2. The Morgan fingerprint density at radius 3 is 2.52 bits per heavy atom. The lowest BCUT2D eigenvalue weighted by atomic mass is 10.0. The minimum absolute atomic E-state index is 0.0329. The number of nitrogens with zero attached hydrogens (tertiary/aromatic N) is 3. The minimum atomic E-state index is -0.113. The molecule has 0 saturated carbocycles. The molecule has 1 aromatic carbocycles. The highest BCUT2D eigenvalue weighted by molar-refractivity contribution is 6.42. The molecule has 0 unspecified atom stereocenters. The van der Waals surface area contributed by atoms with Gasteiger partial charge in [0.05, 0.1) is 10.0 Å². The predicted molar refractivity (Wildman–Crippen MR) is 131 cm³/mol. The maximum Gasteiger partial charge on any atom is 0.246 e. The molecule has 0 atom stereocenters. The largest absolute Gasteiger partial charge is 0.354 e. The van der Waals surface area contributed by atoms with Gasteiger partial charge in [-0.15, -0.1) is 0 Å². The molecule has 33 heavy (non-hydrogen) atoms. The number of benzene rings is 1. The SMILES string of the molecule is CC(=O)NC1CCN(CCCN2CCN(C(=O)C=Cc3ccc(Cl)c(Cl)c3)CCC2=O)CC1. The number of hydrogen-bond donors (Lipinski definition) is 1. The van der Waals surface area contributed by atoms with Gasteiger partial charge in [-0.25, -0.2) is 0 Å². The molecular weight excluding hydrogens is 463 g/mol. The Bertz CT molecular complexity index is 884. The quantitative estimate of drug-likeness (QED) is 0.591. The van der Waals surface area contributed by atoms with E-state index < -0.39 is 0 Å². The van der Waals surface area contributed by atoms with Crippen LogP contribution >= 0.6 is 23.2 Å². The molecule has 0 aliphatic carbocycles. The van der Waals surface area contributed by atoms with Crippen molar-refractivity contribution in [2.75, 3.05) is 45.8 Å². The molecule has 7 nitrogen and oxygen atoms in total. The van der Waals surface area contributed by atoms with Gasteiger partial charge in [-0.1, -0.05) is 29.3 Å². The molecule has 1 N–H and O–H groups in total. The van der Waals surface area contributed by atoms with Crippen molar-refractivity contribution in [3.05, 3.63) is 39.9 Å². The normalized spacial score (nSPS) is 18.6. The van der Waals surface area contributed by atoms with E-state index in [2.05, 4.69) is 10.2 Å². The second-order valence-electron chi connectivity index (χ2n) is 8.63. The van der Waals surface area contributed by atoms with Crippen molar-refractivity contribution in [3.63, 3.8) is 0 Å². The van der Waals surface area contributed by atoms with Gasteiger partial charge in [0.1, 0.15) is 0 Å².